The average Bonchev–Trinajstić information content (AvgIpc) is 2.15. The van der Waals surface area contributed by atoms with Crippen LogP contribution in [-0.2, 0) is 0 Å². The van der Waals surface area contributed by atoms with Crippen LogP contribution < -0.4 is 4.74 Å². The van der Waals surface area contributed by atoms with E-state index in [0.717, 1.165) is 0 Å². The normalized spacial score (nSPS) is 13.7. The van der Waals surface area contributed by atoms with E-state index in [2.05, 4.69) is 4.98 Å². The van der Waals surface area contributed by atoms with Gasteiger partial charge in [0.15, 0.2) is 0 Å². The molecular formula is C9H10F3NO2. The number of hydrogen-bond donors (Lipinski definition) is 1. The topological polar surface area (TPSA) is 42.4 Å². The minimum atomic E-state index is -4.40. The molecule has 0 amide bonds. The molecule has 3 nitrogen and oxygen atoms in total. The number of aromatic nitrogens is 1. The summed E-state index contributed by atoms with van der Waals surface area (Å²) in [6.45, 7) is 0. The van der Waals surface area contributed by atoms with Crippen molar-refractivity contribution in [1.82, 2.24) is 4.98 Å². The molecule has 0 saturated carbocycles. The zero-order valence-corrected chi connectivity index (χ0v) is 7.95. The van der Waals surface area contributed by atoms with Crippen molar-refractivity contribution < 1.29 is 23.0 Å². The summed E-state index contributed by atoms with van der Waals surface area (Å²) in [5.41, 5.74) is 0.0895. The second-order valence-electron chi connectivity index (χ2n) is 2.99. The number of hydrogen-bond acceptors (Lipinski definition) is 3. The number of ether oxygens (including phenoxy) is 1. The fourth-order valence-corrected chi connectivity index (χ4v) is 1.07. The van der Waals surface area contributed by atoms with E-state index in [1.54, 1.807) is 0 Å². The minimum absolute atomic E-state index is 0.0895. The smallest absolute Gasteiger partial charge is 0.391 e. The van der Waals surface area contributed by atoms with E-state index in [1.165, 1.54) is 25.6 Å². The van der Waals surface area contributed by atoms with E-state index in [9.17, 15) is 18.3 Å². The highest BCUT2D eigenvalue weighted by molar-refractivity contribution is 5.25. The van der Waals surface area contributed by atoms with E-state index < -0.39 is 18.7 Å². The van der Waals surface area contributed by atoms with Gasteiger partial charge in [-0.1, -0.05) is 0 Å². The summed E-state index contributed by atoms with van der Waals surface area (Å²) in [4.78, 5) is 3.65. The highest BCUT2D eigenvalue weighted by Crippen LogP contribution is 2.29. The quantitative estimate of drug-likeness (QED) is 0.849. The third kappa shape index (κ3) is 3.75. The number of nitrogens with zero attached hydrogens (tertiary/aromatic N) is 1. The predicted molar refractivity (Wildman–Crippen MR) is 46.4 cm³/mol. The van der Waals surface area contributed by atoms with Crippen molar-refractivity contribution in [2.24, 2.45) is 0 Å². The first kappa shape index (κ1) is 11.8. The van der Waals surface area contributed by atoms with Crippen molar-refractivity contribution in [3.8, 4) is 5.75 Å². The first-order valence-corrected chi connectivity index (χ1v) is 4.16. The van der Waals surface area contributed by atoms with Crippen LogP contribution in [0.4, 0.5) is 13.2 Å². The first-order chi connectivity index (χ1) is 6.92. The Hall–Kier alpha value is -1.30. The molecule has 1 aromatic heterocycles. The molecule has 0 radical (unpaired) electrons. The molecule has 0 aromatic carbocycles. The zero-order chi connectivity index (χ0) is 11.5. The van der Waals surface area contributed by atoms with Gasteiger partial charge < -0.3 is 9.84 Å². The van der Waals surface area contributed by atoms with E-state index in [-0.39, 0.29) is 5.56 Å². The van der Waals surface area contributed by atoms with Crippen molar-refractivity contribution in [2.75, 3.05) is 7.11 Å². The van der Waals surface area contributed by atoms with Gasteiger partial charge in [-0.3, -0.25) is 4.98 Å². The third-order valence-corrected chi connectivity index (χ3v) is 1.78. The van der Waals surface area contributed by atoms with Crippen LogP contribution in [0.15, 0.2) is 18.5 Å². The van der Waals surface area contributed by atoms with Crippen LogP contribution in [0.2, 0.25) is 0 Å². The molecule has 1 N–H and O–H groups in total. The van der Waals surface area contributed by atoms with E-state index in [0.29, 0.717) is 5.75 Å². The molecule has 1 unspecified atom stereocenters. The van der Waals surface area contributed by atoms with Crippen LogP contribution in [0.3, 0.4) is 0 Å². The summed E-state index contributed by atoms with van der Waals surface area (Å²) in [5.74, 6) is 0.314. The van der Waals surface area contributed by atoms with Crippen molar-refractivity contribution >= 4 is 0 Å². The summed E-state index contributed by atoms with van der Waals surface area (Å²) in [7, 11) is 1.37. The number of rotatable bonds is 3. The standard InChI is InChI=1S/C9H10F3NO2/c1-15-7-2-6(4-13-5-7)8(14)3-9(10,11)12/h2,4-5,8,14H,3H2,1H3. The van der Waals surface area contributed by atoms with Gasteiger partial charge in [0.05, 0.1) is 25.8 Å². The molecule has 0 saturated heterocycles. The van der Waals surface area contributed by atoms with E-state index in [4.69, 9.17) is 4.74 Å². The molecule has 0 aliphatic heterocycles. The molecule has 0 bridgehead atoms. The molecule has 1 atom stereocenters. The lowest BCUT2D eigenvalue weighted by molar-refractivity contribution is -0.154. The van der Waals surface area contributed by atoms with Gasteiger partial charge in [0.2, 0.25) is 0 Å². The van der Waals surface area contributed by atoms with Crippen LogP contribution in [0.25, 0.3) is 0 Å². The van der Waals surface area contributed by atoms with Crippen LogP contribution in [0, 0.1) is 0 Å². The molecule has 6 heteroatoms. The molecule has 0 aliphatic rings. The number of methoxy groups -OCH3 is 1. The lowest BCUT2D eigenvalue weighted by Crippen LogP contribution is -2.13. The first-order valence-electron chi connectivity index (χ1n) is 4.16. The Morgan fingerprint density at radius 2 is 2.13 bits per heavy atom. The van der Waals surface area contributed by atoms with Crippen LogP contribution in [-0.4, -0.2) is 23.4 Å². The molecule has 1 aromatic rings. The molecule has 84 valence electrons. The highest BCUT2D eigenvalue weighted by atomic mass is 19.4. The summed E-state index contributed by atoms with van der Waals surface area (Å²) < 4.78 is 40.7. The third-order valence-electron chi connectivity index (χ3n) is 1.78. The average molecular weight is 221 g/mol. The monoisotopic (exact) mass is 221 g/mol. The Morgan fingerprint density at radius 3 is 2.67 bits per heavy atom. The van der Waals surface area contributed by atoms with Crippen molar-refractivity contribution in [3.05, 3.63) is 24.0 Å². The lowest BCUT2D eigenvalue weighted by Gasteiger charge is -2.13. The second kappa shape index (κ2) is 4.48. The van der Waals surface area contributed by atoms with Crippen molar-refractivity contribution in [2.45, 2.75) is 18.7 Å². The van der Waals surface area contributed by atoms with Gasteiger partial charge >= 0.3 is 6.18 Å². The van der Waals surface area contributed by atoms with Gasteiger partial charge in [-0.15, -0.1) is 0 Å². The van der Waals surface area contributed by atoms with Gasteiger partial charge in [-0.2, -0.15) is 13.2 Å². The maximum absolute atomic E-state index is 12.0. The molecule has 0 spiro atoms. The second-order valence-corrected chi connectivity index (χ2v) is 2.99. The molecule has 0 fully saturated rings. The SMILES string of the molecule is COc1cncc(C(O)CC(F)(F)F)c1. The molecular weight excluding hydrogens is 211 g/mol. The van der Waals surface area contributed by atoms with Crippen molar-refractivity contribution in [3.63, 3.8) is 0 Å². The van der Waals surface area contributed by atoms with Gasteiger partial charge in [-0.05, 0) is 6.07 Å². The van der Waals surface area contributed by atoms with Gasteiger partial charge in [0.25, 0.3) is 0 Å². The molecule has 1 heterocycles. The van der Waals surface area contributed by atoms with E-state index >= 15 is 0 Å². The number of pyridine rings is 1. The maximum atomic E-state index is 12.0. The fourth-order valence-electron chi connectivity index (χ4n) is 1.07. The largest absolute Gasteiger partial charge is 0.495 e. The van der Waals surface area contributed by atoms with Crippen LogP contribution in [0.5, 0.6) is 5.75 Å². The summed E-state index contributed by atoms with van der Waals surface area (Å²) in [5, 5.41) is 9.26. The Bertz CT molecular complexity index is 327. The van der Waals surface area contributed by atoms with Crippen molar-refractivity contribution in [1.29, 1.82) is 0 Å². The summed E-state index contributed by atoms with van der Waals surface area (Å²) in [6.07, 6.45) is -4.76. The number of alkyl halides is 3. The number of halogens is 3. The lowest BCUT2D eigenvalue weighted by atomic mass is 10.1. The minimum Gasteiger partial charge on any atom is -0.495 e. The number of aliphatic hydroxyl groups is 1. The van der Waals surface area contributed by atoms with Gasteiger partial charge in [0, 0.05) is 11.8 Å². The molecule has 15 heavy (non-hydrogen) atoms. The highest BCUT2D eigenvalue weighted by Gasteiger charge is 2.31. The predicted octanol–water partition coefficient (Wildman–Crippen LogP) is 2.08. The van der Waals surface area contributed by atoms with Crippen LogP contribution in [0.1, 0.15) is 18.1 Å². The Labute approximate surface area is 84.5 Å². The Kier molecular flexibility index (Phi) is 3.52. The summed E-state index contributed by atoms with van der Waals surface area (Å²) >= 11 is 0. The van der Waals surface area contributed by atoms with Crippen LogP contribution >= 0.6 is 0 Å². The number of aliphatic hydroxyl groups excluding tert-OH is 1. The Morgan fingerprint density at radius 1 is 1.47 bits per heavy atom. The van der Waals surface area contributed by atoms with E-state index in [1.807, 2.05) is 0 Å². The van der Waals surface area contributed by atoms with Gasteiger partial charge in [-0.25, -0.2) is 0 Å². The maximum Gasteiger partial charge on any atom is 0.391 e. The fraction of sp³-hybridized carbons (Fsp3) is 0.444. The molecule has 1 rings (SSSR count). The zero-order valence-electron chi connectivity index (χ0n) is 7.95. The van der Waals surface area contributed by atoms with Gasteiger partial charge in [0.1, 0.15) is 5.75 Å². The Balaban J connectivity index is 2.77. The molecule has 0 aliphatic carbocycles. The summed E-state index contributed by atoms with van der Waals surface area (Å²) in [6, 6.07) is 1.32.